The van der Waals surface area contributed by atoms with Crippen LogP contribution in [0.15, 0.2) is 24.3 Å². The van der Waals surface area contributed by atoms with E-state index in [0.717, 1.165) is 22.2 Å². The van der Waals surface area contributed by atoms with Gasteiger partial charge < -0.3 is 4.74 Å². The van der Waals surface area contributed by atoms with Crippen LogP contribution in [0, 0.1) is 11.8 Å². The van der Waals surface area contributed by atoms with Crippen LogP contribution in [0.5, 0.6) is 0 Å². The fraction of sp³-hybridized carbons (Fsp3) is 0.625. The highest BCUT2D eigenvalue weighted by molar-refractivity contribution is 9.09. The van der Waals surface area contributed by atoms with Gasteiger partial charge in [-0.25, -0.2) is 0 Å². The second-order valence-corrected chi connectivity index (χ2v) is 6.80. The second kappa shape index (κ2) is 7.10. The van der Waals surface area contributed by atoms with E-state index in [1.54, 1.807) is 0 Å². The molecule has 1 fully saturated rings. The first-order valence-corrected chi connectivity index (χ1v) is 8.57. The van der Waals surface area contributed by atoms with Crippen LogP contribution in [0.2, 0.25) is 5.02 Å². The fourth-order valence-electron chi connectivity index (χ4n) is 2.74. The molecule has 0 bridgehead atoms. The monoisotopic (exact) mass is 344 g/mol. The van der Waals surface area contributed by atoms with Crippen LogP contribution >= 0.6 is 27.5 Å². The van der Waals surface area contributed by atoms with E-state index in [1.807, 2.05) is 12.1 Å². The van der Waals surface area contributed by atoms with Crippen LogP contribution in [-0.4, -0.2) is 11.4 Å². The average molecular weight is 346 g/mol. The smallest absolute Gasteiger partial charge is 0.0925 e. The minimum Gasteiger partial charge on any atom is -0.369 e. The van der Waals surface area contributed by atoms with E-state index in [4.69, 9.17) is 16.3 Å². The predicted molar refractivity (Wildman–Crippen MR) is 85.0 cm³/mol. The lowest BCUT2D eigenvalue weighted by Crippen LogP contribution is -2.28. The first kappa shape index (κ1) is 15.3. The lowest BCUT2D eigenvalue weighted by Gasteiger charge is -2.34. The first-order valence-electron chi connectivity index (χ1n) is 7.07. The summed E-state index contributed by atoms with van der Waals surface area (Å²) in [5.74, 6) is 1.60. The number of ether oxygens (including phenoxy) is 1. The van der Waals surface area contributed by atoms with Crippen LogP contribution in [0.4, 0.5) is 0 Å². The third-order valence-electron chi connectivity index (χ3n) is 4.29. The third-order valence-corrected chi connectivity index (χ3v) is 5.13. The molecule has 1 aliphatic rings. The zero-order chi connectivity index (χ0) is 13.8. The normalized spacial score (nSPS) is 29.2. The van der Waals surface area contributed by atoms with Crippen molar-refractivity contribution in [2.75, 3.05) is 5.33 Å². The molecule has 0 saturated heterocycles. The van der Waals surface area contributed by atoms with E-state index in [0.29, 0.717) is 6.10 Å². The molecule has 1 aromatic carbocycles. The molecule has 3 heteroatoms. The molecule has 0 aromatic heterocycles. The average Bonchev–Trinajstić information content (AvgIpc) is 2.41. The van der Waals surface area contributed by atoms with Gasteiger partial charge in [-0.2, -0.15) is 0 Å². The molecule has 0 aliphatic heterocycles. The zero-order valence-electron chi connectivity index (χ0n) is 11.6. The van der Waals surface area contributed by atoms with Crippen molar-refractivity contribution in [1.29, 1.82) is 0 Å². The fourth-order valence-corrected chi connectivity index (χ4v) is 3.39. The Kier molecular flexibility index (Phi) is 5.73. The number of hydrogen-bond acceptors (Lipinski definition) is 1. The number of alkyl halides is 1. The van der Waals surface area contributed by atoms with Gasteiger partial charge in [-0.05, 0) is 48.8 Å². The Hall–Kier alpha value is -0.0500. The molecule has 1 aromatic rings. The molecule has 0 amide bonds. The van der Waals surface area contributed by atoms with E-state index in [-0.39, 0.29) is 6.10 Å². The molecule has 106 valence electrons. The van der Waals surface area contributed by atoms with Gasteiger partial charge in [-0.1, -0.05) is 53.5 Å². The van der Waals surface area contributed by atoms with Crippen LogP contribution < -0.4 is 0 Å². The Morgan fingerprint density at radius 3 is 2.47 bits per heavy atom. The number of benzene rings is 1. The van der Waals surface area contributed by atoms with E-state index in [9.17, 15) is 0 Å². The molecule has 2 rings (SSSR count). The maximum atomic E-state index is 6.30. The van der Waals surface area contributed by atoms with Gasteiger partial charge in [0.2, 0.25) is 0 Å². The third kappa shape index (κ3) is 4.21. The molecule has 1 saturated carbocycles. The van der Waals surface area contributed by atoms with E-state index in [1.165, 1.54) is 24.8 Å². The molecule has 0 N–H and O–H groups in total. The van der Waals surface area contributed by atoms with Gasteiger partial charge in [0, 0.05) is 10.4 Å². The van der Waals surface area contributed by atoms with Gasteiger partial charge in [0.05, 0.1) is 12.2 Å². The van der Waals surface area contributed by atoms with Crippen LogP contribution in [0.3, 0.4) is 0 Å². The Labute approximate surface area is 129 Å². The van der Waals surface area contributed by atoms with E-state index in [2.05, 4.69) is 41.9 Å². The summed E-state index contributed by atoms with van der Waals surface area (Å²) >= 11 is 9.50. The van der Waals surface area contributed by atoms with E-state index < -0.39 is 0 Å². The maximum absolute atomic E-state index is 6.30. The summed E-state index contributed by atoms with van der Waals surface area (Å²) in [6.45, 7) is 4.69. The van der Waals surface area contributed by atoms with Gasteiger partial charge in [0.15, 0.2) is 0 Å². The SMILES string of the molecule is CC1CCC(OC(CBr)c2ccc(Cl)cc2)CC1C. The summed E-state index contributed by atoms with van der Waals surface area (Å²) in [5, 5.41) is 1.60. The molecule has 19 heavy (non-hydrogen) atoms. The first-order chi connectivity index (χ1) is 9.10. The van der Waals surface area contributed by atoms with Crippen molar-refractivity contribution < 1.29 is 4.74 Å². The minimum atomic E-state index is 0.128. The van der Waals surface area contributed by atoms with Crippen molar-refractivity contribution in [2.45, 2.75) is 45.3 Å². The lowest BCUT2D eigenvalue weighted by atomic mass is 9.80. The van der Waals surface area contributed by atoms with Gasteiger partial charge in [0.25, 0.3) is 0 Å². The summed E-state index contributed by atoms with van der Waals surface area (Å²) in [5.41, 5.74) is 1.20. The predicted octanol–water partition coefficient (Wildman–Crippen LogP) is 5.62. The molecule has 4 atom stereocenters. The Morgan fingerprint density at radius 2 is 1.89 bits per heavy atom. The molecule has 4 unspecified atom stereocenters. The van der Waals surface area contributed by atoms with Crippen LogP contribution in [0.1, 0.15) is 44.8 Å². The number of rotatable bonds is 4. The molecule has 1 aliphatic carbocycles. The second-order valence-electron chi connectivity index (χ2n) is 5.72. The molecule has 1 nitrogen and oxygen atoms in total. The number of halogens is 2. The molecule has 0 spiro atoms. The van der Waals surface area contributed by atoms with Gasteiger partial charge in [0.1, 0.15) is 0 Å². The molecule has 0 radical (unpaired) electrons. The van der Waals surface area contributed by atoms with Crippen LogP contribution in [-0.2, 0) is 4.74 Å². The van der Waals surface area contributed by atoms with Gasteiger partial charge in [-0.15, -0.1) is 0 Å². The van der Waals surface area contributed by atoms with Gasteiger partial charge in [-0.3, -0.25) is 0 Å². The topological polar surface area (TPSA) is 9.23 Å². The van der Waals surface area contributed by atoms with Crippen molar-refractivity contribution in [3.63, 3.8) is 0 Å². The largest absolute Gasteiger partial charge is 0.369 e. The van der Waals surface area contributed by atoms with Gasteiger partial charge >= 0.3 is 0 Å². The van der Waals surface area contributed by atoms with Crippen molar-refractivity contribution >= 4 is 27.5 Å². The summed E-state index contributed by atoms with van der Waals surface area (Å²) in [7, 11) is 0. The summed E-state index contributed by atoms with van der Waals surface area (Å²) in [6, 6.07) is 7.98. The lowest BCUT2D eigenvalue weighted by molar-refractivity contribution is -0.0384. The molecular weight excluding hydrogens is 324 g/mol. The molecular formula is C16H22BrClO. The summed E-state index contributed by atoms with van der Waals surface area (Å²) < 4.78 is 6.30. The van der Waals surface area contributed by atoms with Crippen molar-refractivity contribution in [3.8, 4) is 0 Å². The summed E-state index contributed by atoms with van der Waals surface area (Å²) in [4.78, 5) is 0. The Balaban J connectivity index is 1.97. The van der Waals surface area contributed by atoms with Crippen LogP contribution in [0.25, 0.3) is 0 Å². The number of hydrogen-bond donors (Lipinski definition) is 0. The van der Waals surface area contributed by atoms with Crippen molar-refractivity contribution in [1.82, 2.24) is 0 Å². The Morgan fingerprint density at radius 1 is 1.21 bits per heavy atom. The Bertz CT molecular complexity index is 392. The highest BCUT2D eigenvalue weighted by Gasteiger charge is 2.27. The highest BCUT2D eigenvalue weighted by atomic mass is 79.9. The maximum Gasteiger partial charge on any atom is 0.0925 e. The van der Waals surface area contributed by atoms with E-state index >= 15 is 0 Å². The highest BCUT2D eigenvalue weighted by Crippen LogP contribution is 2.34. The van der Waals surface area contributed by atoms with Crippen molar-refractivity contribution in [2.24, 2.45) is 11.8 Å². The quantitative estimate of drug-likeness (QED) is 0.644. The summed E-state index contributed by atoms with van der Waals surface area (Å²) in [6.07, 6.45) is 4.16. The molecule has 0 heterocycles. The zero-order valence-corrected chi connectivity index (χ0v) is 14.0. The minimum absolute atomic E-state index is 0.128. The standard InChI is InChI=1S/C16H22BrClO/c1-11-3-8-15(9-12(11)2)19-16(10-17)13-4-6-14(18)7-5-13/h4-7,11-12,15-16H,3,8-10H2,1-2H3. The van der Waals surface area contributed by atoms with Crippen molar-refractivity contribution in [3.05, 3.63) is 34.9 Å².